The Labute approximate surface area is 100 Å². The van der Waals surface area contributed by atoms with E-state index in [1.54, 1.807) is 18.2 Å². The Bertz CT molecular complexity index is 541. The van der Waals surface area contributed by atoms with Gasteiger partial charge in [0.05, 0.1) is 4.47 Å². The minimum atomic E-state index is -0.531. The first-order valence-corrected chi connectivity index (χ1v) is 5.38. The predicted octanol–water partition coefficient (Wildman–Crippen LogP) is 3.98. The molecule has 0 saturated carbocycles. The fraction of sp³-hybridized carbons (Fsp3) is 0. The van der Waals surface area contributed by atoms with E-state index in [0.29, 0.717) is 10.2 Å². The number of anilines is 1. The van der Waals surface area contributed by atoms with Gasteiger partial charge in [-0.25, -0.2) is 8.78 Å². The lowest BCUT2D eigenvalue weighted by Crippen LogP contribution is -1.92. The number of nitrogens with two attached hydrogens (primary N) is 1. The van der Waals surface area contributed by atoms with Crippen molar-refractivity contribution in [2.75, 3.05) is 5.73 Å². The second kappa shape index (κ2) is 4.22. The number of halogens is 3. The van der Waals surface area contributed by atoms with Crippen molar-refractivity contribution in [3.63, 3.8) is 0 Å². The molecule has 4 heteroatoms. The van der Waals surface area contributed by atoms with Gasteiger partial charge in [-0.1, -0.05) is 12.1 Å². The van der Waals surface area contributed by atoms with E-state index in [9.17, 15) is 8.78 Å². The van der Waals surface area contributed by atoms with E-state index < -0.39 is 11.6 Å². The Kier molecular flexibility index (Phi) is 2.92. The molecule has 2 rings (SSSR count). The van der Waals surface area contributed by atoms with Crippen LogP contribution >= 0.6 is 15.9 Å². The zero-order valence-electron chi connectivity index (χ0n) is 8.18. The van der Waals surface area contributed by atoms with Gasteiger partial charge in [-0.2, -0.15) is 0 Å². The summed E-state index contributed by atoms with van der Waals surface area (Å²) < 4.78 is 27.6. The lowest BCUT2D eigenvalue weighted by Gasteiger charge is -2.06. The van der Waals surface area contributed by atoms with Crippen LogP contribution in [0.4, 0.5) is 14.5 Å². The number of hydrogen-bond donors (Lipinski definition) is 1. The molecule has 2 N–H and O–H groups in total. The van der Waals surface area contributed by atoms with E-state index >= 15 is 0 Å². The van der Waals surface area contributed by atoms with Crippen LogP contribution in [0, 0.1) is 11.6 Å². The highest BCUT2D eigenvalue weighted by Gasteiger charge is 2.11. The van der Waals surface area contributed by atoms with Gasteiger partial charge in [0.15, 0.2) is 0 Å². The van der Waals surface area contributed by atoms with E-state index in [2.05, 4.69) is 15.9 Å². The third kappa shape index (κ3) is 1.93. The molecule has 0 amide bonds. The SMILES string of the molecule is Nc1ccc(-c2cccc(Br)c2F)c(F)c1. The van der Waals surface area contributed by atoms with E-state index in [1.165, 1.54) is 18.2 Å². The highest BCUT2D eigenvalue weighted by Crippen LogP contribution is 2.30. The monoisotopic (exact) mass is 283 g/mol. The Morgan fingerprint density at radius 2 is 1.75 bits per heavy atom. The van der Waals surface area contributed by atoms with Gasteiger partial charge < -0.3 is 5.73 Å². The molecule has 2 aromatic rings. The maximum Gasteiger partial charge on any atom is 0.145 e. The standard InChI is InChI=1S/C12H8BrF2N/c13-10-3-1-2-9(12(10)15)8-5-4-7(16)6-11(8)14/h1-6H,16H2. The van der Waals surface area contributed by atoms with E-state index in [4.69, 9.17) is 5.73 Å². The molecule has 0 spiro atoms. The summed E-state index contributed by atoms with van der Waals surface area (Å²) in [6, 6.07) is 8.92. The molecule has 0 saturated heterocycles. The third-order valence-electron chi connectivity index (χ3n) is 2.23. The Hall–Kier alpha value is -1.42. The van der Waals surface area contributed by atoms with Crippen molar-refractivity contribution in [3.8, 4) is 11.1 Å². The quantitative estimate of drug-likeness (QED) is 0.788. The fourth-order valence-corrected chi connectivity index (χ4v) is 1.83. The van der Waals surface area contributed by atoms with Crippen LogP contribution in [-0.4, -0.2) is 0 Å². The van der Waals surface area contributed by atoms with E-state index in [1.807, 2.05) is 0 Å². The molecule has 0 heterocycles. The Morgan fingerprint density at radius 1 is 1.00 bits per heavy atom. The number of rotatable bonds is 1. The smallest absolute Gasteiger partial charge is 0.145 e. The van der Waals surface area contributed by atoms with Gasteiger partial charge in [0, 0.05) is 16.8 Å². The van der Waals surface area contributed by atoms with Gasteiger partial charge in [0.1, 0.15) is 11.6 Å². The van der Waals surface area contributed by atoms with Gasteiger partial charge in [0.25, 0.3) is 0 Å². The van der Waals surface area contributed by atoms with Gasteiger partial charge in [-0.05, 0) is 40.2 Å². The first kappa shape index (κ1) is 11.1. The maximum absolute atomic E-state index is 13.7. The molecule has 1 nitrogen and oxygen atoms in total. The third-order valence-corrected chi connectivity index (χ3v) is 2.85. The van der Waals surface area contributed by atoms with Crippen LogP contribution in [0.3, 0.4) is 0 Å². The van der Waals surface area contributed by atoms with Gasteiger partial charge in [0.2, 0.25) is 0 Å². The molecule has 16 heavy (non-hydrogen) atoms. The highest BCUT2D eigenvalue weighted by molar-refractivity contribution is 9.10. The van der Waals surface area contributed by atoms with Crippen LogP contribution in [-0.2, 0) is 0 Å². The first-order valence-electron chi connectivity index (χ1n) is 4.59. The Morgan fingerprint density at radius 3 is 2.44 bits per heavy atom. The molecule has 2 aromatic carbocycles. The van der Waals surface area contributed by atoms with Gasteiger partial charge in [-0.3, -0.25) is 0 Å². The molecule has 82 valence electrons. The summed E-state index contributed by atoms with van der Waals surface area (Å²) in [5, 5.41) is 0. The summed E-state index contributed by atoms with van der Waals surface area (Å²) in [5.74, 6) is -1.01. The first-order chi connectivity index (χ1) is 7.59. The zero-order valence-corrected chi connectivity index (χ0v) is 9.76. The molecule has 0 fully saturated rings. The minimum Gasteiger partial charge on any atom is -0.399 e. The molecule has 0 radical (unpaired) electrons. The summed E-state index contributed by atoms with van der Waals surface area (Å²) in [6.07, 6.45) is 0. The second-order valence-electron chi connectivity index (χ2n) is 3.34. The topological polar surface area (TPSA) is 26.0 Å². The van der Waals surface area contributed by atoms with Crippen molar-refractivity contribution in [3.05, 3.63) is 52.5 Å². The summed E-state index contributed by atoms with van der Waals surface area (Å²) in [6.45, 7) is 0. The fourth-order valence-electron chi connectivity index (χ4n) is 1.46. The van der Waals surface area contributed by atoms with Crippen molar-refractivity contribution in [1.82, 2.24) is 0 Å². The maximum atomic E-state index is 13.7. The molecular weight excluding hydrogens is 276 g/mol. The van der Waals surface area contributed by atoms with Crippen LogP contribution in [0.2, 0.25) is 0 Å². The van der Waals surface area contributed by atoms with Crippen LogP contribution in [0.5, 0.6) is 0 Å². The largest absolute Gasteiger partial charge is 0.399 e. The van der Waals surface area contributed by atoms with Crippen LogP contribution in [0.25, 0.3) is 11.1 Å². The molecule has 0 bridgehead atoms. The molecule has 0 unspecified atom stereocenters. The highest BCUT2D eigenvalue weighted by atomic mass is 79.9. The number of nitrogen functional groups attached to an aromatic ring is 1. The second-order valence-corrected chi connectivity index (χ2v) is 4.19. The molecule has 0 aromatic heterocycles. The van der Waals surface area contributed by atoms with Crippen molar-refractivity contribution in [2.45, 2.75) is 0 Å². The van der Waals surface area contributed by atoms with Gasteiger partial charge in [-0.15, -0.1) is 0 Å². The normalized spacial score (nSPS) is 10.4. The number of benzene rings is 2. The molecule has 0 atom stereocenters. The van der Waals surface area contributed by atoms with E-state index in [0.717, 1.165) is 0 Å². The van der Waals surface area contributed by atoms with Crippen LogP contribution in [0.15, 0.2) is 40.9 Å². The van der Waals surface area contributed by atoms with Gasteiger partial charge >= 0.3 is 0 Å². The minimum absolute atomic E-state index is 0.202. The molecule has 0 aliphatic heterocycles. The average molecular weight is 284 g/mol. The summed E-state index contributed by atoms with van der Waals surface area (Å²) in [5.41, 5.74) is 6.16. The summed E-state index contributed by atoms with van der Waals surface area (Å²) >= 11 is 3.06. The van der Waals surface area contributed by atoms with Crippen molar-refractivity contribution >= 4 is 21.6 Å². The number of hydrogen-bond acceptors (Lipinski definition) is 1. The molecular formula is C12H8BrF2N. The molecule has 0 aliphatic rings. The van der Waals surface area contributed by atoms with Crippen molar-refractivity contribution in [1.29, 1.82) is 0 Å². The van der Waals surface area contributed by atoms with Crippen molar-refractivity contribution in [2.24, 2.45) is 0 Å². The lowest BCUT2D eigenvalue weighted by molar-refractivity contribution is 0.613. The van der Waals surface area contributed by atoms with Crippen LogP contribution in [0.1, 0.15) is 0 Å². The zero-order chi connectivity index (χ0) is 11.7. The lowest BCUT2D eigenvalue weighted by atomic mass is 10.0. The predicted molar refractivity (Wildman–Crippen MR) is 63.9 cm³/mol. The summed E-state index contributed by atoms with van der Waals surface area (Å²) in [4.78, 5) is 0. The van der Waals surface area contributed by atoms with Crippen molar-refractivity contribution < 1.29 is 8.78 Å². The summed E-state index contributed by atoms with van der Waals surface area (Å²) in [7, 11) is 0. The average Bonchev–Trinajstić information content (AvgIpc) is 2.23. The Balaban J connectivity index is 2.63. The van der Waals surface area contributed by atoms with E-state index in [-0.39, 0.29) is 11.1 Å². The van der Waals surface area contributed by atoms with Crippen LogP contribution < -0.4 is 5.73 Å². The molecule has 0 aliphatic carbocycles.